The van der Waals surface area contributed by atoms with Crippen LogP contribution < -0.4 is 4.74 Å². The molecular formula is C20H16F3N3O2. The molecule has 0 N–H and O–H groups in total. The molecule has 5 nitrogen and oxygen atoms in total. The van der Waals surface area contributed by atoms with Gasteiger partial charge in [0.2, 0.25) is 0 Å². The zero-order valence-electron chi connectivity index (χ0n) is 15.1. The molecule has 0 bridgehead atoms. The number of Topliss-reactive ketones (excluding diaryl/α,β-unsaturated/α-hetero) is 1. The van der Waals surface area contributed by atoms with E-state index in [1.165, 1.54) is 12.1 Å². The summed E-state index contributed by atoms with van der Waals surface area (Å²) in [5, 5.41) is 0. The van der Waals surface area contributed by atoms with Gasteiger partial charge in [0.1, 0.15) is 22.9 Å². The van der Waals surface area contributed by atoms with Crippen LogP contribution >= 0.6 is 0 Å². The highest BCUT2D eigenvalue weighted by molar-refractivity contribution is 5.95. The number of alkyl halides is 3. The molecule has 0 saturated carbocycles. The second-order valence-corrected chi connectivity index (χ2v) is 6.24. The Morgan fingerprint density at radius 3 is 2.39 bits per heavy atom. The molecule has 3 aromatic heterocycles. The van der Waals surface area contributed by atoms with Crippen LogP contribution in [0.5, 0.6) is 11.5 Å². The van der Waals surface area contributed by atoms with Crippen LogP contribution in [0.15, 0.2) is 48.8 Å². The maximum absolute atomic E-state index is 12.6. The van der Waals surface area contributed by atoms with E-state index in [2.05, 4.69) is 15.0 Å². The summed E-state index contributed by atoms with van der Waals surface area (Å²) >= 11 is 0. The zero-order chi connectivity index (χ0) is 20.3. The summed E-state index contributed by atoms with van der Waals surface area (Å²) in [6.07, 6.45) is -1.78. The Morgan fingerprint density at radius 2 is 1.79 bits per heavy atom. The lowest BCUT2D eigenvalue weighted by atomic mass is 10.1. The predicted octanol–water partition coefficient (Wildman–Crippen LogP) is 4.72. The molecule has 3 rings (SSSR count). The molecule has 0 aliphatic carbocycles. The average Bonchev–Trinajstić information content (AvgIpc) is 2.63. The number of carbonyl (C=O) groups is 1. The normalized spacial score (nSPS) is 11.3. The molecule has 0 aliphatic rings. The fourth-order valence-corrected chi connectivity index (χ4v) is 2.44. The molecule has 0 aliphatic heterocycles. The number of rotatable bonds is 5. The monoisotopic (exact) mass is 387 g/mol. The van der Waals surface area contributed by atoms with E-state index in [1.54, 1.807) is 25.3 Å². The topological polar surface area (TPSA) is 65.0 Å². The summed E-state index contributed by atoms with van der Waals surface area (Å²) in [7, 11) is 0. The second-order valence-electron chi connectivity index (χ2n) is 6.24. The van der Waals surface area contributed by atoms with Crippen molar-refractivity contribution in [3.8, 4) is 11.5 Å². The molecule has 0 saturated heterocycles. The van der Waals surface area contributed by atoms with E-state index < -0.39 is 11.9 Å². The van der Waals surface area contributed by atoms with Gasteiger partial charge in [-0.3, -0.25) is 9.78 Å². The number of aryl methyl sites for hydroxylation is 2. The third-order valence-corrected chi connectivity index (χ3v) is 3.79. The van der Waals surface area contributed by atoms with E-state index in [4.69, 9.17) is 4.74 Å². The van der Waals surface area contributed by atoms with Crippen molar-refractivity contribution in [2.45, 2.75) is 26.4 Å². The molecule has 3 heterocycles. The number of carbonyl (C=O) groups excluding carboxylic acids is 1. The summed E-state index contributed by atoms with van der Waals surface area (Å²) < 4.78 is 43.3. The molecule has 28 heavy (non-hydrogen) atoms. The van der Waals surface area contributed by atoms with Crippen molar-refractivity contribution in [2.24, 2.45) is 0 Å². The molecule has 0 spiro atoms. The lowest BCUT2D eigenvalue weighted by molar-refractivity contribution is -0.141. The largest absolute Gasteiger partial charge is 0.456 e. The highest BCUT2D eigenvalue weighted by Gasteiger charge is 2.32. The van der Waals surface area contributed by atoms with Crippen LogP contribution in [0.3, 0.4) is 0 Å². The maximum atomic E-state index is 12.6. The molecule has 0 atom stereocenters. The first-order valence-electron chi connectivity index (χ1n) is 8.35. The lowest BCUT2D eigenvalue weighted by Crippen LogP contribution is -2.09. The molecule has 0 fully saturated rings. The Labute approximate surface area is 159 Å². The van der Waals surface area contributed by atoms with Crippen LogP contribution in [-0.4, -0.2) is 20.7 Å². The standard InChI is InChI=1S/C20H16F3N3O2/c1-12-3-4-14(24-10-12)8-18(27)17-9-16(7-13(2)26-17)28-15-5-6-19(25-11-15)20(21,22)23/h3-7,9-11H,8H2,1-2H3. The van der Waals surface area contributed by atoms with Gasteiger partial charge in [-0.2, -0.15) is 13.2 Å². The third-order valence-electron chi connectivity index (χ3n) is 3.79. The van der Waals surface area contributed by atoms with Gasteiger partial charge >= 0.3 is 6.18 Å². The van der Waals surface area contributed by atoms with Crippen LogP contribution in [0.4, 0.5) is 13.2 Å². The Morgan fingerprint density at radius 1 is 1.00 bits per heavy atom. The number of aromatic nitrogens is 3. The minimum absolute atomic E-state index is 0.0814. The van der Waals surface area contributed by atoms with Gasteiger partial charge in [-0.25, -0.2) is 9.97 Å². The number of ether oxygens (including phenoxy) is 1. The summed E-state index contributed by atoms with van der Waals surface area (Å²) in [4.78, 5) is 24.3. The summed E-state index contributed by atoms with van der Waals surface area (Å²) in [6.45, 7) is 3.60. The number of pyridine rings is 3. The van der Waals surface area contributed by atoms with E-state index in [9.17, 15) is 18.0 Å². The first-order valence-corrected chi connectivity index (χ1v) is 8.35. The molecule has 0 unspecified atom stereocenters. The van der Waals surface area contributed by atoms with Crippen molar-refractivity contribution in [1.29, 1.82) is 0 Å². The van der Waals surface area contributed by atoms with Crippen molar-refractivity contribution in [2.75, 3.05) is 0 Å². The van der Waals surface area contributed by atoms with Gasteiger partial charge < -0.3 is 4.74 Å². The van der Waals surface area contributed by atoms with Gasteiger partial charge in [0.15, 0.2) is 5.78 Å². The Bertz CT molecular complexity index is 985. The van der Waals surface area contributed by atoms with Crippen LogP contribution in [0.2, 0.25) is 0 Å². The van der Waals surface area contributed by atoms with E-state index >= 15 is 0 Å². The van der Waals surface area contributed by atoms with E-state index in [0.29, 0.717) is 11.4 Å². The minimum atomic E-state index is -4.52. The van der Waals surface area contributed by atoms with Crippen molar-refractivity contribution in [3.05, 3.63) is 77.1 Å². The summed E-state index contributed by atoms with van der Waals surface area (Å²) in [6, 6.07) is 8.67. The second kappa shape index (κ2) is 7.75. The number of hydrogen-bond donors (Lipinski definition) is 0. The van der Waals surface area contributed by atoms with Crippen molar-refractivity contribution in [1.82, 2.24) is 15.0 Å². The van der Waals surface area contributed by atoms with Gasteiger partial charge in [0, 0.05) is 29.7 Å². The van der Waals surface area contributed by atoms with E-state index in [1.807, 2.05) is 13.0 Å². The first kappa shape index (κ1) is 19.5. The van der Waals surface area contributed by atoms with E-state index in [-0.39, 0.29) is 29.4 Å². The van der Waals surface area contributed by atoms with Crippen LogP contribution in [-0.2, 0) is 12.6 Å². The van der Waals surface area contributed by atoms with Gasteiger partial charge in [0.05, 0.1) is 12.6 Å². The molecule has 0 amide bonds. The van der Waals surface area contributed by atoms with Gasteiger partial charge in [-0.15, -0.1) is 0 Å². The maximum Gasteiger partial charge on any atom is 0.433 e. The zero-order valence-corrected chi connectivity index (χ0v) is 15.1. The minimum Gasteiger partial charge on any atom is -0.456 e. The summed E-state index contributed by atoms with van der Waals surface area (Å²) in [5.41, 5.74) is 1.33. The number of ketones is 1. The molecule has 0 aromatic carbocycles. The summed E-state index contributed by atoms with van der Waals surface area (Å²) in [5.74, 6) is 0.168. The Balaban J connectivity index is 1.77. The highest BCUT2D eigenvalue weighted by atomic mass is 19.4. The van der Waals surface area contributed by atoms with Crippen LogP contribution in [0, 0.1) is 13.8 Å². The first-order chi connectivity index (χ1) is 13.2. The molecular weight excluding hydrogens is 371 g/mol. The smallest absolute Gasteiger partial charge is 0.433 e. The third kappa shape index (κ3) is 4.91. The number of halogens is 3. The Hall–Kier alpha value is -3.29. The van der Waals surface area contributed by atoms with Crippen LogP contribution in [0.25, 0.3) is 0 Å². The van der Waals surface area contributed by atoms with Crippen molar-refractivity contribution >= 4 is 5.78 Å². The molecule has 144 valence electrons. The van der Waals surface area contributed by atoms with E-state index in [0.717, 1.165) is 17.8 Å². The SMILES string of the molecule is Cc1ccc(CC(=O)c2cc(Oc3ccc(C(F)(F)F)nc3)cc(C)n2)nc1. The molecule has 0 radical (unpaired) electrons. The quantitative estimate of drug-likeness (QED) is 0.593. The van der Waals surface area contributed by atoms with Crippen LogP contribution in [0.1, 0.15) is 33.1 Å². The van der Waals surface area contributed by atoms with Crippen molar-refractivity contribution in [3.63, 3.8) is 0 Å². The average molecular weight is 387 g/mol. The number of nitrogens with zero attached hydrogens (tertiary/aromatic N) is 3. The highest BCUT2D eigenvalue weighted by Crippen LogP contribution is 2.29. The Kier molecular flexibility index (Phi) is 5.39. The molecule has 3 aromatic rings. The van der Waals surface area contributed by atoms with Crippen molar-refractivity contribution < 1.29 is 22.7 Å². The predicted molar refractivity (Wildman–Crippen MR) is 95.3 cm³/mol. The molecule has 8 heteroatoms. The fraction of sp³-hybridized carbons (Fsp3) is 0.200. The van der Waals surface area contributed by atoms with Gasteiger partial charge in [-0.1, -0.05) is 6.07 Å². The van der Waals surface area contributed by atoms with Gasteiger partial charge in [0.25, 0.3) is 0 Å². The fourth-order valence-electron chi connectivity index (χ4n) is 2.44. The number of hydrogen-bond acceptors (Lipinski definition) is 5. The van der Waals surface area contributed by atoms with Gasteiger partial charge in [-0.05, 0) is 37.6 Å². The lowest BCUT2D eigenvalue weighted by Gasteiger charge is -2.10.